The first kappa shape index (κ1) is 23.1. The van der Waals surface area contributed by atoms with E-state index in [0.29, 0.717) is 35.8 Å². The van der Waals surface area contributed by atoms with E-state index in [1.807, 2.05) is 30.3 Å². The van der Waals surface area contributed by atoms with Gasteiger partial charge in [0.15, 0.2) is 0 Å². The van der Waals surface area contributed by atoms with Gasteiger partial charge in [-0.2, -0.15) is 0 Å². The number of benzene rings is 2. The number of carbonyl (C=O) groups is 2. The Bertz CT molecular complexity index is 835. The van der Waals surface area contributed by atoms with Gasteiger partial charge in [-0.1, -0.05) is 29.8 Å². The lowest BCUT2D eigenvalue weighted by atomic mass is 9.83. The van der Waals surface area contributed by atoms with Gasteiger partial charge in [0.2, 0.25) is 0 Å². The molecule has 1 amide bonds. The Morgan fingerprint density at radius 1 is 0.903 bits per heavy atom. The van der Waals surface area contributed by atoms with Crippen molar-refractivity contribution in [3.05, 3.63) is 59.6 Å². The van der Waals surface area contributed by atoms with Gasteiger partial charge in [-0.15, -0.1) is 0 Å². The van der Waals surface area contributed by atoms with Crippen LogP contribution in [0.4, 0.5) is 16.2 Å². The van der Waals surface area contributed by atoms with Crippen LogP contribution in [0.2, 0.25) is 5.02 Å². The molecule has 0 spiro atoms. The van der Waals surface area contributed by atoms with Crippen molar-refractivity contribution in [1.29, 1.82) is 0 Å². The molecule has 0 aromatic heterocycles. The van der Waals surface area contributed by atoms with Crippen LogP contribution in [-0.2, 0) is 19.0 Å². The van der Waals surface area contributed by atoms with E-state index in [0.717, 1.165) is 31.4 Å². The quantitative estimate of drug-likeness (QED) is 0.494. The number of esters is 1. The maximum absolute atomic E-state index is 13.0. The molecule has 0 atom stereocenters. The van der Waals surface area contributed by atoms with Crippen molar-refractivity contribution in [3.63, 3.8) is 0 Å². The smallest absolute Gasteiger partial charge is 0.418 e. The SMILES string of the molecule is COC(=O)COCC1CCC(COC(=O)N(c2ccccc2)c2ccc(Cl)cc2)CC1. The van der Waals surface area contributed by atoms with Crippen LogP contribution in [0.15, 0.2) is 54.6 Å². The van der Waals surface area contributed by atoms with Gasteiger partial charge in [-0.05, 0) is 73.9 Å². The number of anilines is 2. The molecule has 0 radical (unpaired) electrons. The van der Waals surface area contributed by atoms with E-state index in [-0.39, 0.29) is 12.6 Å². The molecule has 1 aliphatic rings. The molecule has 1 fully saturated rings. The summed E-state index contributed by atoms with van der Waals surface area (Å²) in [5.41, 5.74) is 1.44. The van der Waals surface area contributed by atoms with E-state index in [2.05, 4.69) is 4.74 Å². The summed E-state index contributed by atoms with van der Waals surface area (Å²) in [6, 6.07) is 16.5. The number of ether oxygens (including phenoxy) is 3. The number of hydrogen-bond acceptors (Lipinski definition) is 5. The molecule has 0 N–H and O–H groups in total. The predicted octanol–water partition coefficient (Wildman–Crippen LogP) is 5.61. The van der Waals surface area contributed by atoms with Crippen LogP contribution in [0.25, 0.3) is 0 Å². The van der Waals surface area contributed by atoms with Gasteiger partial charge < -0.3 is 14.2 Å². The van der Waals surface area contributed by atoms with Crippen molar-refractivity contribution in [2.75, 3.05) is 31.8 Å². The molecule has 31 heavy (non-hydrogen) atoms. The third-order valence-corrected chi connectivity index (χ3v) is 5.74. The lowest BCUT2D eigenvalue weighted by molar-refractivity contribution is -0.146. The molecule has 0 heterocycles. The van der Waals surface area contributed by atoms with Crippen LogP contribution >= 0.6 is 11.6 Å². The Morgan fingerprint density at radius 3 is 2.10 bits per heavy atom. The number of halogens is 1. The largest absolute Gasteiger partial charge is 0.467 e. The van der Waals surface area contributed by atoms with Crippen molar-refractivity contribution in [2.24, 2.45) is 11.8 Å². The highest BCUT2D eigenvalue weighted by Gasteiger charge is 2.25. The normalized spacial score (nSPS) is 18.3. The maximum Gasteiger partial charge on any atom is 0.418 e. The molecule has 6 nitrogen and oxygen atoms in total. The number of methoxy groups -OCH3 is 1. The van der Waals surface area contributed by atoms with Crippen LogP contribution in [-0.4, -0.2) is 39.0 Å². The second-order valence-electron chi connectivity index (χ2n) is 7.70. The van der Waals surface area contributed by atoms with Crippen molar-refractivity contribution in [2.45, 2.75) is 25.7 Å². The van der Waals surface area contributed by atoms with Gasteiger partial charge in [-0.3, -0.25) is 0 Å². The lowest BCUT2D eigenvalue weighted by Gasteiger charge is -2.29. The van der Waals surface area contributed by atoms with E-state index in [4.69, 9.17) is 21.1 Å². The topological polar surface area (TPSA) is 65.1 Å². The lowest BCUT2D eigenvalue weighted by Crippen LogP contribution is -2.30. The minimum Gasteiger partial charge on any atom is -0.467 e. The van der Waals surface area contributed by atoms with Gasteiger partial charge in [0.1, 0.15) is 6.61 Å². The van der Waals surface area contributed by atoms with E-state index in [1.165, 1.54) is 7.11 Å². The third-order valence-electron chi connectivity index (χ3n) is 5.49. The van der Waals surface area contributed by atoms with Crippen LogP contribution < -0.4 is 4.90 Å². The Hall–Kier alpha value is -2.57. The minimum atomic E-state index is -0.406. The maximum atomic E-state index is 13.0. The molecule has 0 saturated heterocycles. The molecule has 0 bridgehead atoms. The molecule has 3 rings (SSSR count). The van der Waals surface area contributed by atoms with Gasteiger partial charge in [0, 0.05) is 5.02 Å². The zero-order valence-corrected chi connectivity index (χ0v) is 18.4. The fourth-order valence-electron chi connectivity index (χ4n) is 3.71. The first-order valence-corrected chi connectivity index (χ1v) is 10.9. The molecular weight excluding hydrogens is 418 g/mol. The minimum absolute atomic E-state index is 0.00589. The van der Waals surface area contributed by atoms with Crippen LogP contribution in [0.3, 0.4) is 0 Å². The molecular formula is C24H28ClNO5. The van der Waals surface area contributed by atoms with Crippen molar-refractivity contribution in [3.8, 4) is 0 Å². The van der Waals surface area contributed by atoms with Crippen molar-refractivity contribution in [1.82, 2.24) is 0 Å². The summed E-state index contributed by atoms with van der Waals surface area (Å²) in [6.07, 6.45) is 3.50. The number of carbonyl (C=O) groups excluding carboxylic acids is 2. The molecule has 1 saturated carbocycles. The van der Waals surface area contributed by atoms with Crippen LogP contribution in [0.1, 0.15) is 25.7 Å². The number of para-hydroxylation sites is 1. The molecule has 7 heteroatoms. The fraction of sp³-hybridized carbons (Fsp3) is 0.417. The summed E-state index contributed by atoms with van der Waals surface area (Å²) in [5, 5.41) is 0.609. The van der Waals surface area contributed by atoms with E-state index in [9.17, 15) is 9.59 Å². The van der Waals surface area contributed by atoms with Crippen molar-refractivity contribution >= 4 is 35.0 Å². The monoisotopic (exact) mass is 445 g/mol. The molecule has 0 unspecified atom stereocenters. The first-order chi connectivity index (χ1) is 15.1. The summed E-state index contributed by atoms with van der Waals surface area (Å²) >= 11 is 6.00. The summed E-state index contributed by atoms with van der Waals surface area (Å²) in [7, 11) is 1.35. The highest BCUT2D eigenvalue weighted by atomic mass is 35.5. The van der Waals surface area contributed by atoms with E-state index < -0.39 is 6.09 Å². The Balaban J connectivity index is 1.51. The number of amides is 1. The number of hydrogen-bond donors (Lipinski definition) is 0. The zero-order chi connectivity index (χ0) is 22.1. The first-order valence-electron chi connectivity index (χ1n) is 10.5. The van der Waals surface area contributed by atoms with E-state index >= 15 is 0 Å². The fourth-order valence-corrected chi connectivity index (χ4v) is 3.84. The van der Waals surface area contributed by atoms with Crippen molar-refractivity contribution < 1.29 is 23.8 Å². The van der Waals surface area contributed by atoms with Crippen LogP contribution in [0, 0.1) is 11.8 Å². The molecule has 2 aromatic rings. The Morgan fingerprint density at radius 2 is 1.48 bits per heavy atom. The molecule has 166 valence electrons. The Labute approximate surface area is 188 Å². The summed E-state index contributed by atoms with van der Waals surface area (Å²) in [6.45, 7) is 0.930. The highest BCUT2D eigenvalue weighted by molar-refractivity contribution is 6.30. The average Bonchev–Trinajstić information content (AvgIpc) is 2.80. The van der Waals surface area contributed by atoms with Gasteiger partial charge in [0.25, 0.3) is 0 Å². The zero-order valence-electron chi connectivity index (χ0n) is 17.7. The van der Waals surface area contributed by atoms with Gasteiger partial charge >= 0.3 is 12.1 Å². The van der Waals surface area contributed by atoms with Crippen LogP contribution in [0.5, 0.6) is 0 Å². The average molecular weight is 446 g/mol. The van der Waals surface area contributed by atoms with E-state index in [1.54, 1.807) is 29.2 Å². The summed E-state index contributed by atoms with van der Waals surface area (Å²) in [4.78, 5) is 25.7. The summed E-state index contributed by atoms with van der Waals surface area (Å²) < 4.78 is 15.7. The summed E-state index contributed by atoms with van der Waals surface area (Å²) in [5.74, 6) is 0.388. The molecule has 2 aromatic carbocycles. The number of rotatable bonds is 8. The Kier molecular flexibility index (Phi) is 8.74. The second-order valence-corrected chi connectivity index (χ2v) is 8.14. The molecule has 0 aliphatic heterocycles. The number of nitrogens with zero attached hydrogens (tertiary/aromatic N) is 1. The standard InChI is InChI=1S/C24H28ClNO5/c1-29-23(27)17-30-15-18-7-9-19(10-8-18)16-31-24(28)26(21-5-3-2-4-6-21)22-13-11-20(25)12-14-22/h2-6,11-14,18-19H,7-10,15-17H2,1H3. The third kappa shape index (κ3) is 6.97. The van der Waals surface area contributed by atoms with Gasteiger partial charge in [-0.25, -0.2) is 14.5 Å². The predicted molar refractivity (Wildman–Crippen MR) is 120 cm³/mol. The molecule has 1 aliphatic carbocycles. The second kappa shape index (κ2) is 11.7. The van der Waals surface area contributed by atoms with Gasteiger partial charge in [0.05, 0.1) is 31.7 Å². The highest BCUT2D eigenvalue weighted by Crippen LogP contribution is 2.31.